The van der Waals surface area contributed by atoms with Gasteiger partial charge in [0.15, 0.2) is 0 Å². The van der Waals surface area contributed by atoms with Gasteiger partial charge in [-0.1, -0.05) is 17.7 Å². The molecule has 1 aliphatic rings. The number of nitrogens with zero attached hydrogens (tertiary/aromatic N) is 2. The minimum absolute atomic E-state index is 0.124. The maximum absolute atomic E-state index is 12.4. The monoisotopic (exact) mass is 330 g/mol. The van der Waals surface area contributed by atoms with Gasteiger partial charge < -0.3 is 5.32 Å². The normalized spacial score (nSPS) is 17.0. The Kier molecular flexibility index (Phi) is 4.25. The zero-order chi connectivity index (χ0) is 16.4. The second-order valence-electron chi connectivity index (χ2n) is 5.35. The Morgan fingerprint density at radius 1 is 1.39 bits per heavy atom. The first kappa shape index (κ1) is 15.4. The Morgan fingerprint density at radius 3 is 2.96 bits per heavy atom. The van der Waals surface area contributed by atoms with Crippen LogP contribution in [0.15, 0.2) is 35.6 Å². The number of halogens is 1. The van der Waals surface area contributed by atoms with Gasteiger partial charge in [-0.15, -0.1) is 0 Å². The number of hydrazone groups is 1. The summed E-state index contributed by atoms with van der Waals surface area (Å²) in [6.07, 6.45) is 2.09. The van der Waals surface area contributed by atoms with Gasteiger partial charge in [0.05, 0.1) is 17.0 Å². The lowest BCUT2D eigenvalue weighted by molar-refractivity contribution is -0.122. The average molecular weight is 331 g/mol. The summed E-state index contributed by atoms with van der Waals surface area (Å²) in [6, 6.07) is 6.89. The van der Waals surface area contributed by atoms with Crippen LogP contribution < -0.4 is 10.7 Å². The summed E-state index contributed by atoms with van der Waals surface area (Å²) in [4.78, 5) is 28.2. The van der Waals surface area contributed by atoms with Crippen LogP contribution in [0.4, 0.5) is 0 Å². The molecule has 0 saturated heterocycles. The lowest BCUT2D eigenvalue weighted by atomic mass is 10.0. The molecule has 0 bridgehead atoms. The first-order valence-electron chi connectivity index (χ1n) is 7.23. The molecule has 0 spiro atoms. The van der Waals surface area contributed by atoms with Crippen LogP contribution in [0.2, 0.25) is 5.02 Å². The van der Waals surface area contributed by atoms with E-state index >= 15 is 0 Å². The highest BCUT2D eigenvalue weighted by Crippen LogP contribution is 2.20. The van der Waals surface area contributed by atoms with Crippen LogP contribution in [0.25, 0.3) is 10.9 Å². The summed E-state index contributed by atoms with van der Waals surface area (Å²) < 4.78 is 0. The van der Waals surface area contributed by atoms with Gasteiger partial charge in [0.1, 0.15) is 0 Å². The maximum Gasteiger partial charge on any atom is 0.252 e. The number of hydrogen-bond donors (Lipinski definition) is 2. The minimum atomic E-state index is -0.275. The number of carbonyl (C=O) groups is 2. The molecule has 1 aliphatic heterocycles. The number of benzene rings is 1. The van der Waals surface area contributed by atoms with Gasteiger partial charge in [0.25, 0.3) is 5.91 Å². The molecular formula is C16H15ClN4O2. The van der Waals surface area contributed by atoms with Crippen LogP contribution in [0.5, 0.6) is 0 Å². The van der Waals surface area contributed by atoms with Crippen molar-refractivity contribution in [3.05, 3.63) is 41.0 Å². The van der Waals surface area contributed by atoms with E-state index in [1.807, 2.05) is 0 Å². The number of hydrogen-bond acceptors (Lipinski definition) is 4. The molecule has 118 valence electrons. The van der Waals surface area contributed by atoms with Crippen molar-refractivity contribution in [1.82, 2.24) is 15.7 Å². The van der Waals surface area contributed by atoms with Gasteiger partial charge in [-0.25, -0.2) is 5.43 Å². The summed E-state index contributed by atoms with van der Waals surface area (Å²) in [6.45, 7) is 2.19. The summed E-state index contributed by atoms with van der Waals surface area (Å²) in [5, 5.41) is 8.04. The van der Waals surface area contributed by atoms with E-state index in [1.54, 1.807) is 37.4 Å². The van der Waals surface area contributed by atoms with E-state index in [0.717, 1.165) is 11.1 Å². The second kappa shape index (κ2) is 6.34. The molecule has 0 fully saturated rings. The minimum Gasteiger partial charge on any atom is -0.352 e. The lowest BCUT2D eigenvalue weighted by Crippen LogP contribution is -2.30. The van der Waals surface area contributed by atoms with Crippen molar-refractivity contribution >= 4 is 40.0 Å². The van der Waals surface area contributed by atoms with Crippen molar-refractivity contribution in [2.45, 2.75) is 13.3 Å². The number of rotatable bonds is 4. The average Bonchev–Trinajstić information content (AvgIpc) is 2.85. The molecule has 2 N–H and O–H groups in total. The highest BCUT2D eigenvalue weighted by molar-refractivity contribution is 6.31. The van der Waals surface area contributed by atoms with Crippen molar-refractivity contribution in [3.63, 3.8) is 0 Å². The Bertz CT molecular complexity index is 819. The molecule has 1 atom stereocenters. The van der Waals surface area contributed by atoms with Crippen LogP contribution in [0.3, 0.4) is 0 Å². The molecule has 23 heavy (non-hydrogen) atoms. The maximum atomic E-state index is 12.4. The number of pyridine rings is 1. The van der Waals surface area contributed by atoms with Crippen LogP contribution in [0, 0.1) is 5.92 Å². The van der Waals surface area contributed by atoms with E-state index in [0.29, 0.717) is 29.1 Å². The van der Waals surface area contributed by atoms with Gasteiger partial charge in [-0.3, -0.25) is 14.6 Å². The SMILES string of the molecule is CC1=NNC(=O)C1CCNC(=O)c1ccnc2cc(Cl)ccc12. The van der Waals surface area contributed by atoms with Crippen LogP contribution in [-0.2, 0) is 4.79 Å². The molecule has 0 aliphatic carbocycles. The van der Waals surface area contributed by atoms with E-state index in [2.05, 4.69) is 20.8 Å². The van der Waals surface area contributed by atoms with E-state index in [4.69, 9.17) is 11.6 Å². The third-order valence-electron chi connectivity index (χ3n) is 3.83. The van der Waals surface area contributed by atoms with Gasteiger partial charge in [0.2, 0.25) is 5.91 Å². The van der Waals surface area contributed by atoms with Gasteiger partial charge in [0, 0.05) is 28.9 Å². The molecule has 2 amide bonds. The largest absolute Gasteiger partial charge is 0.352 e. The third-order valence-corrected chi connectivity index (χ3v) is 4.07. The highest BCUT2D eigenvalue weighted by atomic mass is 35.5. The smallest absolute Gasteiger partial charge is 0.252 e. The van der Waals surface area contributed by atoms with Crippen molar-refractivity contribution in [1.29, 1.82) is 0 Å². The number of carbonyl (C=O) groups excluding carboxylic acids is 2. The molecule has 1 aromatic carbocycles. The second-order valence-corrected chi connectivity index (χ2v) is 5.78. The summed E-state index contributed by atoms with van der Waals surface area (Å²) in [5.41, 5.74) is 4.38. The first-order valence-corrected chi connectivity index (χ1v) is 7.60. The van der Waals surface area contributed by atoms with Crippen LogP contribution in [-0.4, -0.2) is 29.1 Å². The fourth-order valence-corrected chi connectivity index (χ4v) is 2.74. The summed E-state index contributed by atoms with van der Waals surface area (Å²) in [7, 11) is 0. The number of aromatic nitrogens is 1. The quantitative estimate of drug-likeness (QED) is 0.900. The molecule has 7 heteroatoms. The Morgan fingerprint density at radius 2 is 2.22 bits per heavy atom. The zero-order valence-corrected chi connectivity index (χ0v) is 13.2. The molecule has 3 rings (SSSR count). The van der Waals surface area contributed by atoms with Crippen LogP contribution in [0.1, 0.15) is 23.7 Å². The number of fused-ring (bicyclic) bond motifs is 1. The Balaban J connectivity index is 1.69. The van der Waals surface area contributed by atoms with E-state index in [-0.39, 0.29) is 17.7 Å². The lowest BCUT2D eigenvalue weighted by Gasteiger charge is -2.10. The van der Waals surface area contributed by atoms with E-state index in [1.165, 1.54) is 0 Å². The van der Waals surface area contributed by atoms with Crippen molar-refractivity contribution < 1.29 is 9.59 Å². The van der Waals surface area contributed by atoms with Gasteiger partial charge >= 0.3 is 0 Å². The first-order chi connectivity index (χ1) is 11.1. The standard InChI is InChI=1S/C16H15ClN4O2/c1-9-11(16(23)21-20-9)4-7-19-15(22)13-5-6-18-14-8-10(17)2-3-12(13)14/h2-3,5-6,8,11H,4,7H2,1H3,(H,19,22)(H,21,23). The predicted octanol–water partition coefficient (Wildman–Crippen LogP) is 2.13. The molecule has 2 heterocycles. The molecule has 6 nitrogen and oxygen atoms in total. The zero-order valence-electron chi connectivity index (χ0n) is 12.5. The molecule has 1 aromatic heterocycles. The fourth-order valence-electron chi connectivity index (χ4n) is 2.57. The van der Waals surface area contributed by atoms with E-state index in [9.17, 15) is 9.59 Å². The van der Waals surface area contributed by atoms with Crippen molar-refractivity contribution in [2.75, 3.05) is 6.54 Å². The number of amides is 2. The van der Waals surface area contributed by atoms with Crippen LogP contribution >= 0.6 is 11.6 Å². The third kappa shape index (κ3) is 3.17. The van der Waals surface area contributed by atoms with Gasteiger partial charge in [-0.2, -0.15) is 5.10 Å². The molecule has 1 unspecified atom stereocenters. The fraction of sp³-hybridized carbons (Fsp3) is 0.250. The van der Waals surface area contributed by atoms with Crippen molar-refractivity contribution in [2.24, 2.45) is 11.0 Å². The molecule has 0 saturated carbocycles. The van der Waals surface area contributed by atoms with Gasteiger partial charge in [-0.05, 0) is 31.5 Å². The number of nitrogens with one attached hydrogen (secondary N) is 2. The predicted molar refractivity (Wildman–Crippen MR) is 88.4 cm³/mol. The van der Waals surface area contributed by atoms with Crippen molar-refractivity contribution in [3.8, 4) is 0 Å². The Labute approximate surface area is 137 Å². The molecule has 0 radical (unpaired) electrons. The summed E-state index contributed by atoms with van der Waals surface area (Å²) >= 11 is 5.94. The molecular weight excluding hydrogens is 316 g/mol. The molecule has 2 aromatic rings. The summed E-state index contributed by atoms with van der Waals surface area (Å²) in [5.74, 6) is -0.600. The van der Waals surface area contributed by atoms with E-state index < -0.39 is 0 Å². The topological polar surface area (TPSA) is 83.5 Å². The Hall–Kier alpha value is -2.47. The highest BCUT2D eigenvalue weighted by Gasteiger charge is 2.26.